The SMILES string of the molecule is N#Cc1cn(Cc2cnccc2Br)cn1.N#Cc1cnc[nH]1.OCc1cnccc1Br. The molecule has 4 heterocycles. The topological polar surface area (TPSA) is 140 Å². The summed E-state index contributed by atoms with van der Waals surface area (Å²) in [5, 5.41) is 25.4. The molecule has 0 aliphatic carbocycles. The number of aliphatic hydroxyl groups is 1. The van der Waals surface area contributed by atoms with Crippen LogP contribution in [0.25, 0.3) is 0 Å². The average Bonchev–Trinajstić information content (AvgIpc) is 3.48. The fourth-order valence-electron chi connectivity index (χ4n) is 2.07. The first kappa shape index (κ1) is 23.9. The highest BCUT2D eigenvalue weighted by molar-refractivity contribution is 9.10. The summed E-state index contributed by atoms with van der Waals surface area (Å²) in [6.45, 7) is 0.692. The second-order valence-electron chi connectivity index (χ2n) is 5.71. The minimum absolute atomic E-state index is 0.0361. The highest BCUT2D eigenvalue weighted by Gasteiger charge is 2.02. The van der Waals surface area contributed by atoms with E-state index in [9.17, 15) is 0 Å². The van der Waals surface area contributed by atoms with Crippen LogP contribution in [0.15, 0.2) is 70.9 Å². The first-order valence-electron chi connectivity index (χ1n) is 8.65. The maximum absolute atomic E-state index is 8.65. The summed E-state index contributed by atoms with van der Waals surface area (Å²) in [5.41, 5.74) is 2.80. The second kappa shape index (κ2) is 13.0. The van der Waals surface area contributed by atoms with Gasteiger partial charge in [0.1, 0.15) is 17.8 Å². The Morgan fingerprint density at radius 3 is 2.06 bits per heavy atom. The molecule has 31 heavy (non-hydrogen) atoms. The number of aromatic nitrogens is 6. The fourth-order valence-corrected chi connectivity index (χ4v) is 2.76. The number of aromatic amines is 1. The Morgan fingerprint density at radius 1 is 0.968 bits per heavy atom. The van der Waals surface area contributed by atoms with Crippen molar-refractivity contribution in [3.05, 3.63) is 93.4 Å². The van der Waals surface area contributed by atoms with E-state index in [1.807, 2.05) is 22.8 Å². The lowest BCUT2D eigenvalue weighted by Crippen LogP contribution is -1.97. The van der Waals surface area contributed by atoms with E-state index >= 15 is 0 Å². The Bertz CT molecular complexity index is 1160. The van der Waals surface area contributed by atoms with Crippen LogP contribution in [-0.2, 0) is 13.2 Å². The number of H-pyrrole nitrogens is 1. The van der Waals surface area contributed by atoms with E-state index < -0.39 is 0 Å². The van der Waals surface area contributed by atoms with Crippen molar-refractivity contribution in [2.24, 2.45) is 0 Å². The van der Waals surface area contributed by atoms with E-state index in [4.69, 9.17) is 15.6 Å². The molecule has 0 bridgehead atoms. The number of pyridine rings is 2. The number of rotatable bonds is 3. The van der Waals surface area contributed by atoms with Crippen LogP contribution in [-0.4, -0.2) is 34.6 Å². The van der Waals surface area contributed by atoms with Gasteiger partial charge < -0.3 is 14.7 Å². The Kier molecular flexibility index (Phi) is 10.0. The van der Waals surface area contributed by atoms with Crippen molar-refractivity contribution in [2.45, 2.75) is 13.2 Å². The standard InChI is InChI=1S/C10H7BrN4.C6H6BrNO.C4H3N3/c11-10-1-2-13-4-8(10)5-15-6-9(3-12)14-7-15;7-6-1-2-8-3-5(6)4-9;5-1-4-2-6-3-7-4/h1-2,4,6-7H,5H2;1-3,9H,4H2;2-3H,(H,6,7). The molecular formula is C20H16Br2N8O. The number of nitriles is 2. The lowest BCUT2D eigenvalue weighted by atomic mass is 10.3. The average molecular weight is 544 g/mol. The van der Waals surface area contributed by atoms with Crippen molar-refractivity contribution >= 4 is 31.9 Å². The Labute approximate surface area is 195 Å². The van der Waals surface area contributed by atoms with Crippen molar-refractivity contribution in [2.75, 3.05) is 0 Å². The second-order valence-corrected chi connectivity index (χ2v) is 7.42. The van der Waals surface area contributed by atoms with Gasteiger partial charge in [-0.2, -0.15) is 10.5 Å². The largest absolute Gasteiger partial charge is 0.392 e. The minimum Gasteiger partial charge on any atom is -0.392 e. The van der Waals surface area contributed by atoms with Gasteiger partial charge in [-0.05, 0) is 12.1 Å². The van der Waals surface area contributed by atoms with Gasteiger partial charge in [0.15, 0.2) is 5.69 Å². The molecule has 0 spiro atoms. The first-order valence-corrected chi connectivity index (χ1v) is 10.2. The van der Waals surface area contributed by atoms with Crippen molar-refractivity contribution < 1.29 is 5.11 Å². The number of aliphatic hydroxyl groups excluding tert-OH is 1. The van der Waals surface area contributed by atoms with Gasteiger partial charge in [0.05, 0.1) is 32.0 Å². The summed E-state index contributed by atoms with van der Waals surface area (Å²) < 4.78 is 3.75. The van der Waals surface area contributed by atoms with Gasteiger partial charge in [0, 0.05) is 51.1 Å². The van der Waals surface area contributed by atoms with E-state index in [1.165, 1.54) is 12.5 Å². The normalized spacial score (nSPS) is 9.32. The fraction of sp³-hybridized carbons (Fsp3) is 0.100. The molecule has 4 aromatic rings. The van der Waals surface area contributed by atoms with Crippen molar-refractivity contribution in [1.82, 2.24) is 29.5 Å². The van der Waals surface area contributed by atoms with E-state index in [0.717, 1.165) is 20.1 Å². The molecule has 0 amide bonds. The lowest BCUT2D eigenvalue weighted by molar-refractivity contribution is 0.280. The highest BCUT2D eigenvalue weighted by Crippen LogP contribution is 2.15. The predicted molar refractivity (Wildman–Crippen MR) is 119 cm³/mol. The van der Waals surface area contributed by atoms with Gasteiger partial charge in [0.25, 0.3) is 0 Å². The molecule has 0 saturated carbocycles. The Morgan fingerprint density at radius 2 is 1.65 bits per heavy atom. The van der Waals surface area contributed by atoms with Crippen LogP contribution >= 0.6 is 31.9 Å². The van der Waals surface area contributed by atoms with Gasteiger partial charge >= 0.3 is 0 Å². The molecule has 0 aliphatic rings. The third-order valence-electron chi connectivity index (χ3n) is 3.58. The number of hydrogen-bond acceptors (Lipinski definition) is 7. The molecule has 0 radical (unpaired) electrons. The first-order chi connectivity index (χ1) is 15.1. The van der Waals surface area contributed by atoms with Crippen LogP contribution in [0.3, 0.4) is 0 Å². The zero-order valence-electron chi connectivity index (χ0n) is 16.0. The molecule has 156 valence electrons. The molecule has 9 nitrogen and oxygen atoms in total. The smallest absolute Gasteiger partial charge is 0.158 e. The maximum atomic E-state index is 8.65. The molecule has 0 saturated heterocycles. The molecular weight excluding hydrogens is 528 g/mol. The highest BCUT2D eigenvalue weighted by atomic mass is 79.9. The summed E-state index contributed by atoms with van der Waals surface area (Å²) in [5.74, 6) is 0. The minimum atomic E-state index is 0.0361. The van der Waals surface area contributed by atoms with Gasteiger partial charge in [-0.1, -0.05) is 31.9 Å². The summed E-state index contributed by atoms with van der Waals surface area (Å²) in [7, 11) is 0. The molecule has 0 aliphatic heterocycles. The summed E-state index contributed by atoms with van der Waals surface area (Å²) >= 11 is 6.70. The number of hydrogen-bond donors (Lipinski definition) is 2. The van der Waals surface area contributed by atoms with Crippen LogP contribution in [0, 0.1) is 22.7 Å². The molecule has 0 atom stereocenters. The third kappa shape index (κ3) is 8.10. The quantitative estimate of drug-likeness (QED) is 0.402. The predicted octanol–water partition coefficient (Wildman–Crippen LogP) is 3.58. The molecule has 4 aromatic heterocycles. The van der Waals surface area contributed by atoms with E-state index in [0.29, 0.717) is 17.9 Å². The number of halogens is 2. The number of imidazole rings is 2. The van der Waals surface area contributed by atoms with E-state index in [2.05, 4.69) is 56.8 Å². The van der Waals surface area contributed by atoms with Crippen LogP contribution in [0.2, 0.25) is 0 Å². The maximum Gasteiger partial charge on any atom is 0.158 e. The molecule has 0 aromatic carbocycles. The van der Waals surface area contributed by atoms with Crippen molar-refractivity contribution in [3.8, 4) is 12.1 Å². The van der Waals surface area contributed by atoms with E-state index in [1.54, 1.807) is 43.4 Å². The molecule has 11 heteroatoms. The molecule has 4 rings (SSSR count). The summed E-state index contributed by atoms with van der Waals surface area (Å²) in [4.78, 5) is 18.0. The van der Waals surface area contributed by atoms with Crippen molar-refractivity contribution in [3.63, 3.8) is 0 Å². The van der Waals surface area contributed by atoms with E-state index in [-0.39, 0.29) is 6.61 Å². The van der Waals surface area contributed by atoms with Gasteiger partial charge in [-0.3, -0.25) is 9.97 Å². The Balaban J connectivity index is 0.000000181. The molecule has 0 unspecified atom stereocenters. The van der Waals surface area contributed by atoms with Crippen molar-refractivity contribution in [1.29, 1.82) is 10.5 Å². The zero-order chi connectivity index (χ0) is 22.5. The summed E-state index contributed by atoms with van der Waals surface area (Å²) in [6, 6.07) is 7.56. The van der Waals surface area contributed by atoms with Gasteiger partial charge in [-0.25, -0.2) is 9.97 Å². The molecule has 2 N–H and O–H groups in total. The Hall–Kier alpha value is -3.38. The zero-order valence-corrected chi connectivity index (χ0v) is 19.2. The number of nitrogens with zero attached hydrogens (tertiary/aromatic N) is 7. The third-order valence-corrected chi connectivity index (χ3v) is 5.13. The van der Waals surface area contributed by atoms with Crippen LogP contribution in [0.4, 0.5) is 0 Å². The lowest BCUT2D eigenvalue weighted by Gasteiger charge is -2.03. The number of nitrogens with one attached hydrogen (secondary N) is 1. The van der Waals surface area contributed by atoms with Gasteiger partial charge in [0.2, 0.25) is 0 Å². The summed E-state index contributed by atoms with van der Waals surface area (Å²) in [6.07, 6.45) is 13.1. The van der Waals surface area contributed by atoms with Crippen LogP contribution in [0.5, 0.6) is 0 Å². The van der Waals surface area contributed by atoms with Gasteiger partial charge in [-0.15, -0.1) is 0 Å². The molecule has 0 fully saturated rings. The monoisotopic (exact) mass is 542 g/mol. The van der Waals surface area contributed by atoms with Crippen LogP contribution in [0.1, 0.15) is 22.5 Å². The van der Waals surface area contributed by atoms with Crippen LogP contribution < -0.4 is 0 Å².